The molecule has 1 aromatic heterocycles. The molecule has 0 aliphatic carbocycles. The van der Waals surface area contributed by atoms with Crippen molar-refractivity contribution < 1.29 is 22.7 Å². The molecule has 0 atom stereocenters. The number of methoxy groups -OCH3 is 1. The number of hydrogen-bond donors (Lipinski definition) is 0. The molecule has 7 nitrogen and oxygen atoms in total. The molecule has 1 amide bonds. The minimum Gasteiger partial charge on any atom is -0.465 e. The highest BCUT2D eigenvalue weighted by molar-refractivity contribution is 7.92. The van der Waals surface area contributed by atoms with Gasteiger partial charge in [-0.3, -0.25) is 4.79 Å². The van der Waals surface area contributed by atoms with Gasteiger partial charge >= 0.3 is 5.97 Å². The molecule has 0 radical (unpaired) electrons. The van der Waals surface area contributed by atoms with E-state index >= 15 is 0 Å². The highest BCUT2D eigenvalue weighted by Gasteiger charge is 2.30. The van der Waals surface area contributed by atoms with Crippen molar-refractivity contribution in [3.05, 3.63) is 83.2 Å². The van der Waals surface area contributed by atoms with Crippen LogP contribution in [0.3, 0.4) is 0 Å². The SMILES string of the molecule is COC(=O)c1ccccc1-n1c(C)cc(C(=O)N(c2ccccc2)S(C)(=O)=O)c1C. The van der Waals surface area contributed by atoms with Crippen LogP contribution < -0.4 is 4.31 Å². The van der Waals surface area contributed by atoms with Crippen LogP contribution >= 0.6 is 0 Å². The Morgan fingerprint density at radius 1 is 0.933 bits per heavy atom. The summed E-state index contributed by atoms with van der Waals surface area (Å²) in [6.45, 7) is 3.49. The van der Waals surface area contributed by atoms with Crippen molar-refractivity contribution in [2.24, 2.45) is 0 Å². The van der Waals surface area contributed by atoms with E-state index in [0.717, 1.165) is 10.6 Å². The summed E-state index contributed by atoms with van der Waals surface area (Å²) < 4.78 is 32.3. The van der Waals surface area contributed by atoms with Crippen molar-refractivity contribution in [2.75, 3.05) is 17.7 Å². The molecule has 0 fully saturated rings. The van der Waals surface area contributed by atoms with Crippen LogP contribution in [0, 0.1) is 13.8 Å². The van der Waals surface area contributed by atoms with Crippen LogP contribution in [0.4, 0.5) is 5.69 Å². The van der Waals surface area contributed by atoms with E-state index in [1.807, 2.05) is 0 Å². The van der Waals surface area contributed by atoms with Crippen LogP contribution in [0.15, 0.2) is 60.7 Å². The molecule has 156 valence electrons. The van der Waals surface area contributed by atoms with Gasteiger partial charge in [0.05, 0.1) is 35.9 Å². The van der Waals surface area contributed by atoms with E-state index in [-0.39, 0.29) is 11.3 Å². The van der Waals surface area contributed by atoms with Crippen LogP contribution in [0.2, 0.25) is 0 Å². The third-order valence-electron chi connectivity index (χ3n) is 4.72. The van der Waals surface area contributed by atoms with Gasteiger partial charge in [-0.15, -0.1) is 0 Å². The van der Waals surface area contributed by atoms with Gasteiger partial charge in [0.1, 0.15) is 0 Å². The molecule has 0 N–H and O–H groups in total. The summed E-state index contributed by atoms with van der Waals surface area (Å²) in [5.74, 6) is -1.17. The van der Waals surface area contributed by atoms with Gasteiger partial charge in [0, 0.05) is 11.4 Å². The zero-order chi connectivity index (χ0) is 22.1. The van der Waals surface area contributed by atoms with Gasteiger partial charge in [-0.05, 0) is 44.2 Å². The van der Waals surface area contributed by atoms with Crippen LogP contribution in [-0.2, 0) is 14.8 Å². The number of anilines is 1. The van der Waals surface area contributed by atoms with E-state index in [1.54, 1.807) is 79.1 Å². The van der Waals surface area contributed by atoms with Crippen molar-refractivity contribution >= 4 is 27.6 Å². The van der Waals surface area contributed by atoms with Gasteiger partial charge in [-0.2, -0.15) is 0 Å². The number of carbonyl (C=O) groups is 2. The van der Waals surface area contributed by atoms with E-state index in [4.69, 9.17) is 4.74 Å². The van der Waals surface area contributed by atoms with Crippen LogP contribution in [-0.4, -0.2) is 38.2 Å². The maximum atomic E-state index is 13.3. The molecule has 0 aliphatic heterocycles. The van der Waals surface area contributed by atoms with Gasteiger partial charge in [0.15, 0.2) is 0 Å². The molecule has 0 saturated heterocycles. The summed E-state index contributed by atoms with van der Waals surface area (Å²) >= 11 is 0. The van der Waals surface area contributed by atoms with Crippen molar-refractivity contribution in [1.29, 1.82) is 0 Å². The average molecular weight is 426 g/mol. The molecule has 1 heterocycles. The Hall–Kier alpha value is -3.39. The van der Waals surface area contributed by atoms with Crippen LogP contribution in [0.5, 0.6) is 0 Å². The first-order valence-electron chi connectivity index (χ1n) is 9.13. The summed E-state index contributed by atoms with van der Waals surface area (Å²) in [4.78, 5) is 25.5. The van der Waals surface area contributed by atoms with Crippen LogP contribution in [0.25, 0.3) is 5.69 Å². The van der Waals surface area contributed by atoms with E-state index in [1.165, 1.54) is 7.11 Å². The molecular formula is C22H22N2O5S. The van der Waals surface area contributed by atoms with Gasteiger partial charge in [0.2, 0.25) is 10.0 Å². The maximum absolute atomic E-state index is 13.3. The monoisotopic (exact) mass is 426 g/mol. The van der Waals surface area contributed by atoms with Crippen molar-refractivity contribution in [1.82, 2.24) is 4.57 Å². The quantitative estimate of drug-likeness (QED) is 0.583. The third-order valence-corrected chi connectivity index (χ3v) is 5.76. The zero-order valence-corrected chi connectivity index (χ0v) is 17.9. The second-order valence-electron chi connectivity index (χ2n) is 6.80. The van der Waals surface area contributed by atoms with E-state index in [9.17, 15) is 18.0 Å². The number of benzene rings is 2. The van der Waals surface area contributed by atoms with E-state index in [0.29, 0.717) is 22.6 Å². The van der Waals surface area contributed by atoms with Crippen molar-refractivity contribution in [2.45, 2.75) is 13.8 Å². The van der Waals surface area contributed by atoms with E-state index in [2.05, 4.69) is 0 Å². The Labute approximate surface area is 175 Å². The normalized spacial score (nSPS) is 11.2. The zero-order valence-electron chi connectivity index (χ0n) is 17.1. The molecule has 0 unspecified atom stereocenters. The Morgan fingerprint density at radius 2 is 1.53 bits per heavy atom. The Morgan fingerprint density at radius 3 is 2.13 bits per heavy atom. The fourth-order valence-corrected chi connectivity index (χ4v) is 4.34. The predicted molar refractivity (Wildman–Crippen MR) is 115 cm³/mol. The lowest BCUT2D eigenvalue weighted by Crippen LogP contribution is -2.36. The third kappa shape index (κ3) is 3.86. The number of nitrogens with zero attached hydrogens (tertiary/aromatic N) is 2. The molecule has 0 saturated carbocycles. The topological polar surface area (TPSA) is 85.7 Å². The number of para-hydroxylation sites is 2. The molecule has 3 rings (SSSR count). The van der Waals surface area contributed by atoms with Gasteiger partial charge in [-0.1, -0.05) is 30.3 Å². The first kappa shape index (κ1) is 21.3. The summed E-state index contributed by atoms with van der Waals surface area (Å²) in [7, 11) is -2.58. The van der Waals surface area contributed by atoms with Gasteiger partial charge < -0.3 is 9.30 Å². The standard InChI is InChI=1S/C22H22N2O5S/c1-15-14-19(21(25)24(30(4,27)28)17-10-6-5-7-11-17)16(2)23(15)20-13-9-8-12-18(20)22(26)29-3/h5-14H,1-4H3. The highest BCUT2D eigenvalue weighted by Crippen LogP contribution is 2.27. The lowest BCUT2D eigenvalue weighted by molar-refractivity contribution is 0.0600. The van der Waals surface area contributed by atoms with Crippen molar-refractivity contribution in [3.8, 4) is 5.69 Å². The number of carbonyl (C=O) groups excluding carboxylic acids is 2. The molecule has 0 aliphatic rings. The predicted octanol–water partition coefficient (Wildman–Crippen LogP) is 3.49. The number of hydrogen-bond acceptors (Lipinski definition) is 5. The number of esters is 1. The molecular weight excluding hydrogens is 404 g/mol. The molecule has 0 spiro atoms. The second kappa shape index (κ2) is 8.16. The number of ether oxygens (including phenoxy) is 1. The fourth-order valence-electron chi connectivity index (χ4n) is 3.43. The minimum atomic E-state index is -3.88. The number of aryl methyl sites for hydroxylation is 1. The van der Waals surface area contributed by atoms with Crippen molar-refractivity contribution in [3.63, 3.8) is 0 Å². The number of amides is 1. The summed E-state index contributed by atoms with van der Waals surface area (Å²) in [5, 5.41) is 0. The Kier molecular flexibility index (Phi) is 5.80. The first-order chi connectivity index (χ1) is 14.2. The molecule has 3 aromatic rings. The maximum Gasteiger partial charge on any atom is 0.339 e. The lowest BCUT2D eigenvalue weighted by atomic mass is 10.1. The molecule has 8 heteroatoms. The average Bonchev–Trinajstić information content (AvgIpc) is 3.01. The van der Waals surface area contributed by atoms with Gasteiger partial charge in [-0.25, -0.2) is 17.5 Å². The lowest BCUT2D eigenvalue weighted by Gasteiger charge is -2.20. The smallest absolute Gasteiger partial charge is 0.339 e. The van der Waals surface area contributed by atoms with E-state index < -0.39 is 21.9 Å². The number of rotatable bonds is 5. The summed E-state index contributed by atoms with van der Waals surface area (Å²) in [5.41, 5.74) is 2.55. The number of sulfonamides is 1. The van der Waals surface area contributed by atoms with Gasteiger partial charge in [0.25, 0.3) is 5.91 Å². The summed E-state index contributed by atoms with van der Waals surface area (Å²) in [6.07, 6.45) is 0.990. The number of aromatic nitrogens is 1. The summed E-state index contributed by atoms with van der Waals surface area (Å²) in [6, 6.07) is 16.7. The minimum absolute atomic E-state index is 0.224. The Balaban J connectivity index is 2.17. The molecule has 30 heavy (non-hydrogen) atoms. The largest absolute Gasteiger partial charge is 0.465 e. The fraction of sp³-hybridized carbons (Fsp3) is 0.182. The Bertz CT molecular complexity index is 1210. The second-order valence-corrected chi connectivity index (χ2v) is 8.63. The van der Waals surface area contributed by atoms with Crippen LogP contribution in [0.1, 0.15) is 32.1 Å². The molecule has 2 aromatic carbocycles. The highest BCUT2D eigenvalue weighted by atomic mass is 32.2. The first-order valence-corrected chi connectivity index (χ1v) is 11.0. The molecule has 0 bridgehead atoms.